The van der Waals surface area contributed by atoms with Crippen LogP contribution < -0.4 is 0 Å². The smallest absolute Gasteiger partial charge is 0.308 e. The zero-order valence-corrected chi connectivity index (χ0v) is 8.56. The van der Waals surface area contributed by atoms with Gasteiger partial charge in [-0.15, -0.1) is 0 Å². The molecule has 0 saturated carbocycles. The minimum Gasteiger partial charge on any atom is -0.481 e. The van der Waals surface area contributed by atoms with Crippen molar-refractivity contribution in [3.63, 3.8) is 0 Å². The Kier molecular flexibility index (Phi) is 3.43. The van der Waals surface area contributed by atoms with Gasteiger partial charge in [-0.3, -0.25) is 14.9 Å². The van der Waals surface area contributed by atoms with Gasteiger partial charge in [0.25, 0.3) is 5.69 Å². The molecule has 0 bridgehead atoms. The molecule has 0 aromatic heterocycles. The largest absolute Gasteiger partial charge is 0.481 e. The third kappa shape index (κ3) is 2.46. The summed E-state index contributed by atoms with van der Waals surface area (Å²) in [6.07, 6.45) is -0.550. The zero-order valence-electron chi connectivity index (χ0n) is 7.81. The van der Waals surface area contributed by atoms with Gasteiger partial charge >= 0.3 is 5.97 Å². The zero-order chi connectivity index (χ0) is 12.3. The fraction of sp³-hybridized carbons (Fsp3) is 0.111. The molecule has 1 N–H and O–H groups in total. The molecule has 0 unspecified atom stereocenters. The van der Waals surface area contributed by atoms with E-state index in [4.69, 9.17) is 22.0 Å². The number of hydrogen-bond acceptors (Lipinski definition) is 4. The van der Waals surface area contributed by atoms with E-state index >= 15 is 0 Å². The molecule has 7 heteroatoms. The van der Waals surface area contributed by atoms with Gasteiger partial charge in [-0.1, -0.05) is 11.6 Å². The summed E-state index contributed by atoms with van der Waals surface area (Å²) in [5, 5.41) is 28.1. The third-order valence-electron chi connectivity index (χ3n) is 1.80. The molecule has 0 aliphatic carbocycles. The summed E-state index contributed by atoms with van der Waals surface area (Å²) in [6.45, 7) is 0. The summed E-state index contributed by atoms with van der Waals surface area (Å²) in [5.41, 5.74) is -0.829. The average molecular weight is 241 g/mol. The molecule has 16 heavy (non-hydrogen) atoms. The number of carbonyl (C=O) groups is 1. The number of benzene rings is 1. The summed E-state index contributed by atoms with van der Waals surface area (Å²) in [5.74, 6) is -1.23. The van der Waals surface area contributed by atoms with Gasteiger partial charge < -0.3 is 5.11 Å². The van der Waals surface area contributed by atoms with E-state index < -0.39 is 23.0 Å². The number of nitro groups is 1. The monoisotopic (exact) mass is 240 g/mol. The highest BCUT2D eigenvalue weighted by Gasteiger charge is 2.22. The molecule has 6 nitrogen and oxygen atoms in total. The highest BCUT2D eigenvalue weighted by Crippen LogP contribution is 2.27. The van der Waals surface area contributed by atoms with Crippen molar-refractivity contribution in [2.75, 3.05) is 0 Å². The molecule has 1 aromatic carbocycles. The van der Waals surface area contributed by atoms with Crippen molar-refractivity contribution in [1.29, 1.82) is 5.26 Å². The maximum atomic E-state index is 10.7. The molecule has 0 heterocycles. The van der Waals surface area contributed by atoms with Crippen molar-refractivity contribution in [1.82, 2.24) is 0 Å². The van der Waals surface area contributed by atoms with Crippen molar-refractivity contribution >= 4 is 23.3 Å². The Labute approximate surface area is 94.8 Å². The molecular weight excluding hydrogens is 236 g/mol. The van der Waals surface area contributed by atoms with Gasteiger partial charge in [-0.05, 0) is 12.1 Å². The second kappa shape index (κ2) is 4.59. The van der Waals surface area contributed by atoms with Gasteiger partial charge in [0, 0.05) is 10.6 Å². The topological polar surface area (TPSA) is 104 Å². The molecule has 1 aromatic rings. The van der Waals surface area contributed by atoms with E-state index in [-0.39, 0.29) is 16.1 Å². The number of nitro benzene ring substituents is 1. The summed E-state index contributed by atoms with van der Waals surface area (Å²) in [4.78, 5) is 20.4. The third-order valence-corrected chi connectivity index (χ3v) is 2.02. The lowest BCUT2D eigenvalue weighted by atomic mass is 10.1. The number of carboxylic acids is 1. The second-order valence-corrected chi connectivity index (χ2v) is 3.34. The van der Waals surface area contributed by atoms with E-state index in [0.717, 1.165) is 6.07 Å². The quantitative estimate of drug-likeness (QED) is 0.640. The minimum absolute atomic E-state index is 0.0819. The maximum Gasteiger partial charge on any atom is 0.308 e. The number of halogens is 1. The highest BCUT2D eigenvalue weighted by molar-refractivity contribution is 6.30. The Morgan fingerprint density at radius 2 is 2.25 bits per heavy atom. The van der Waals surface area contributed by atoms with Gasteiger partial charge in [0.15, 0.2) is 0 Å². The van der Waals surface area contributed by atoms with Crippen LogP contribution in [0, 0.1) is 21.4 Å². The average Bonchev–Trinajstić information content (AvgIpc) is 2.14. The fourth-order valence-corrected chi connectivity index (χ4v) is 1.50. The van der Waals surface area contributed by atoms with Crippen molar-refractivity contribution in [2.24, 2.45) is 0 Å². The van der Waals surface area contributed by atoms with Crippen molar-refractivity contribution in [3.05, 3.63) is 38.4 Å². The molecule has 0 saturated heterocycles. The van der Waals surface area contributed by atoms with E-state index in [2.05, 4.69) is 0 Å². The van der Waals surface area contributed by atoms with E-state index in [0.29, 0.717) is 0 Å². The first-order valence-corrected chi connectivity index (χ1v) is 4.42. The van der Waals surface area contributed by atoms with Crippen LogP contribution in [-0.2, 0) is 11.2 Å². The maximum absolute atomic E-state index is 10.7. The van der Waals surface area contributed by atoms with Crippen LogP contribution >= 0.6 is 11.6 Å². The lowest BCUT2D eigenvalue weighted by Crippen LogP contribution is -2.05. The van der Waals surface area contributed by atoms with Crippen molar-refractivity contribution in [2.45, 2.75) is 6.42 Å². The molecular formula is C9H5ClN2O4. The number of nitrogens with zero attached hydrogens (tertiary/aromatic N) is 2. The first-order valence-electron chi connectivity index (χ1n) is 4.04. The molecule has 0 amide bonds. The first kappa shape index (κ1) is 11.9. The second-order valence-electron chi connectivity index (χ2n) is 2.90. The fourth-order valence-electron chi connectivity index (χ4n) is 1.25. The van der Waals surface area contributed by atoms with Crippen molar-refractivity contribution in [3.8, 4) is 6.07 Å². The first-order chi connectivity index (χ1) is 7.45. The molecule has 0 fully saturated rings. The Balaban J connectivity index is 3.45. The van der Waals surface area contributed by atoms with E-state index in [1.807, 2.05) is 0 Å². The van der Waals surface area contributed by atoms with Gasteiger partial charge in [-0.25, -0.2) is 0 Å². The van der Waals surface area contributed by atoms with Gasteiger partial charge in [0.1, 0.15) is 11.6 Å². The Morgan fingerprint density at radius 3 is 2.69 bits per heavy atom. The summed E-state index contributed by atoms with van der Waals surface area (Å²) in [7, 11) is 0. The molecule has 0 aliphatic rings. The Morgan fingerprint density at radius 1 is 1.62 bits per heavy atom. The van der Waals surface area contributed by atoms with Crippen molar-refractivity contribution < 1.29 is 14.8 Å². The van der Waals surface area contributed by atoms with Crippen LogP contribution in [0.2, 0.25) is 5.02 Å². The molecule has 82 valence electrons. The molecule has 0 atom stereocenters. The van der Waals surface area contributed by atoms with Crippen LogP contribution in [-0.4, -0.2) is 16.0 Å². The van der Waals surface area contributed by atoms with Crippen LogP contribution in [0.5, 0.6) is 0 Å². The van der Waals surface area contributed by atoms with Crippen LogP contribution in [0.1, 0.15) is 11.1 Å². The molecule has 0 aliphatic heterocycles. The highest BCUT2D eigenvalue weighted by atomic mass is 35.5. The number of rotatable bonds is 3. The summed E-state index contributed by atoms with van der Waals surface area (Å²) >= 11 is 5.62. The normalized spacial score (nSPS) is 9.50. The lowest BCUT2D eigenvalue weighted by Gasteiger charge is -2.02. The SMILES string of the molecule is N#Cc1cc(Cl)cc(CC(=O)O)c1[N+](=O)[O-]. The Bertz CT molecular complexity index is 507. The van der Waals surface area contributed by atoms with Gasteiger partial charge in [0.05, 0.1) is 11.3 Å². The van der Waals surface area contributed by atoms with Crippen LogP contribution in [0.25, 0.3) is 0 Å². The number of hydrogen-bond donors (Lipinski definition) is 1. The number of nitriles is 1. The number of carboxylic acid groups (broad SMARTS) is 1. The van der Waals surface area contributed by atoms with Crippen LogP contribution in [0.4, 0.5) is 5.69 Å². The minimum atomic E-state index is -1.23. The van der Waals surface area contributed by atoms with Gasteiger partial charge in [0.2, 0.25) is 0 Å². The lowest BCUT2D eigenvalue weighted by molar-refractivity contribution is -0.385. The predicted octanol–water partition coefficient (Wildman–Crippen LogP) is 1.75. The molecule has 1 rings (SSSR count). The van der Waals surface area contributed by atoms with Crippen LogP contribution in [0.15, 0.2) is 12.1 Å². The summed E-state index contributed by atoms with van der Waals surface area (Å²) < 4.78 is 0. The molecule has 0 radical (unpaired) electrons. The standard InChI is InChI=1S/C9H5ClN2O4/c10-7-1-5(3-8(13)14)9(12(15)16)6(2-7)4-11/h1-2H,3H2,(H,13,14). The Hall–Kier alpha value is -2.13. The van der Waals surface area contributed by atoms with E-state index in [9.17, 15) is 14.9 Å². The van der Waals surface area contributed by atoms with Gasteiger partial charge in [-0.2, -0.15) is 5.26 Å². The molecule has 0 spiro atoms. The predicted molar refractivity (Wildman–Crippen MR) is 54.2 cm³/mol. The van der Waals surface area contributed by atoms with E-state index in [1.54, 1.807) is 6.07 Å². The van der Waals surface area contributed by atoms with Crippen LogP contribution in [0.3, 0.4) is 0 Å². The number of aliphatic carboxylic acids is 1. The van der Waals surface area contributed by atoms with E-state index in [1.165, 1.54) is 6.07 Å². The summed E-state index contributed by atoms with van der Waals surface area (Å²) in [6, 6.07) is 3.92.